The third-order valence-corrected chi connectivity index (χ3v) is 4.71. The third kappa shape index (κ3) is 4.62. The predicted octanol–water partition coefficient (Wildman–Crippen LogP) is 2.88. The molecule has 1 aromatic carbocycles. The lowest BCUT2D eigenvalue weighted by atomic mass is 10.1. The number of anilines is 1. The average Bonchev–Trinajstić information content (AvgIpc) is 3.38. The molecule has 0 aliphatic carbocycles. The molecule has 3 rings (SSSR count). The first-order chi connectivity index (χ1) is 13.1. The van der Waals surface area contributed by atoms with Crippen LogP contribution in [0.1, 0.15) is 36.1 Å². The van der Waals surface area contributed by atoms with E-state index in [0.29, 0.717) is 22.0 Å². The van der Waals surface area contributed by atoms with Crippen LogP contribution in [-0.2, 0) is 6.54 Å². The van der Waals surface area contributed by atoms with Crippen LogP contribution < -0.4 is 16.0 Å². The summed E-state index contributed by atoms with van der Waals surface area (Å²) in [7, 11) is 1.57. The highest BCUT2D eigenvalue weighted by Crippen LogP contribution is 2.22. The maximum atomic E-state index is 12.3. The van der Waals surface area contributed by atoms with E-state index in [4.69, 9.17) is 4.42 Å². The van der Waals surface area contributed by atoms with Crippen molar-refractivity contribution in [2.24, 2.45) is 0 Å². The molecule has 0 aliphatic rings. The first-order valence-electron chi connectivity index (χ1n) is 8.10. The van der Waals surface area contributed by atoms with Gasteiger partial charge in [0.05, 0.1) is 16.1 Å². The van der Waals surface area contributed by atoms with Crippen LogP contribution in [-0.4, -0.2) is 24.8 Å². The number of hydrogen-bond donors (Lipinski definition) is 3. The van der Waals surface area contributed by atoms with Crippen molar-refractivity contribution in [3.63, 3.8) is 0 Å². The largest absolute Gasteiger partial charge is 0.459 e. The summed E-state index contributed by atoms with van der Waals surface area (Å²) in [6.45, 7) is 0.332. The lowest BCUT2D eigenvalue weighted by Crippen LogP contribution is -2.22. The van der Waals surface area contributed by atoms with Crippen molar-refractivity contribution in [3.8, 4) is 0 Å². The van der Waals surface area contributed by atoms with Gasteiger partial charge in [0.2, 0.25) is 0 Å². The van der Waals surface area contributed by atoms with Crippen molar-refractivity contribution < 1.29 is 18.8 Å². The highest BCUT2D eigenvalue weighted by Gasteiger charge is 2.13. The van der Waals surface area contributed by atoms with Gasteiger partial charge in [-0.2, -0.15) is 0 Å². The number of nitrogens with one attached hydrogen (secondary N) is 3. The molecule has 0 bridgehead atoms. The van der Waals surface area contributed by atoms with Crippen LogP contribution >= 0.6 is 11.3 Å². The monoisotopic (exact) mass is 383 g/mol. The van der Waals surface area contributed by atoms with Gasteiger partial charge in [-0.15, -0.1) is 11.3 Å². The zero-order valence-corrected chi connectivity index (χ0v) is 15.3. The van der Waals surface area contributed by atoms with Crippen LogP contribution in [0.3, 0.4) is 0 Å². The maximum Gasteiger partial charge on any atom is 0.291 e. The van der Waals surface area contributed by atoms with Gasteiger partial charge in [0.25, 0.3) is 17.7 Å². The van der Waals surface area contributed by atoms with Crippen LogP contribution in [0.5, 0.6) is 0 Å². The fourth-order valence-corrected chi connectivity index (χ4v) is 3.11. The van der Waals surface area contributed by atoms with Crippen LogP contribution in [0, 0.1) is 0 Å². The average molecular weight is 383 g/mol. The van der Waals surface area contributed by atoms with Gasteiger partial charge in [0, 0.05) is 19.2 Å². The fourth-order valence-electron chi connectivity index (χ4n) is 2.30. The zero-order valence-electron chi connectivity index (χ0n) is 14.4. The van der Waals surface area contributed by atoms with Gasteiger partial charge in [-0.1, -0.05) is 12.1 Å². The van der Waals surface area contributed by atoms with E-state index < -0.39 is 0 Å². The maximum absolute atomic E-state index is 12.3. The molecule has 2 heterocycles. The molecular formula is C19H17N3O4S. The SMILES string of the molecule is CNC(=O)c1ccc(CNC(=O)c2ccc(NC(=O)c3ccco3)s2)cc1. The Balaban J connectivity index is 1.55. The van der Waals surface area contributed by atoms with Crippen LogP contribution in [0.2, 0.25) is 0 Å². The summed E-state index contributed by atoms with van der Waals surface area (Å²) in [6.07, 6.45) is 1.42. The van der Waals surface area contributed by atoms with Crippen LogP contribution in [0.25, 0.3) is 0 Å². The molecule has 2 aromatic heterocycles. The number of benzene rings is 1. The topological polar surface area (TPSA) is 100 Å². The van der Waals surface area contributed by atoms with E-state index in [-0.39, 0.29) is 23.5 Å². The Morgan fingerprint density at radius 2 is 1.74 bits per heavy atom. The Morgan fingerprint density at radius 3 is 2.41 bits per heavy atom. The Kier molecular flexibility index (Phi) is 5.68. The molecule has 27 heavy (non-hydrogen) atoms. The third-order valence-electron chi connectivity index (χ3n) is 3.71. The fraction of sp³-hybridized carbons (Fsp3) is 0.105. The van der Waals surface area contributed by atoms with Crippen molar-refractivity contribution in [1.82, 2.24) is 10.6 Å². The summed E-state index contributed by atoms with van der Waals surface area (Å²) in [5, 5.41) is 8.60. The van der Waals surface area contributed by atoms with Crippen molar-refractivity contribution >= 4 is 34.1 Å². The normalized spacial score (nSPS) is 10.3. The number of furan rings is 1. The number of amides is 3. The lowest BCUT2D eigenvalue weighted by Gasteiger charge is -2.05. The molecule has 0 aliphatic heterocycles. The van der Waals surface area contributed by atoms with E-state index in [2.05, 4.69) is 16.0 Å². The Labute approximate surface area is 159 Å². The molecule has 138 valence electrons. The Hall–Kier alpha value is -3.39. The van der Waals surface area contributed by atoms with Crippen molar-refractivity contribution in [3.05, 3.63) is 76.6 Å². The summed E-state index contributed by atoms with van der Waals surface area (Å²) >= 11 is 1.17. The van der Waals surface area contributed by atoms with E-state index in [1.807, 2.05) is 0 Å². The second-order valence-corrected chi connectivity index (χ2v) is 6.64. The minimum Gasteiger partial charge on any atom is -0.459 e. The Bertz CT molecular complexity index is 946. The van der Waals surface area contributed by atoms with E-state index in [0.717, 1.165) is 5.56 Å². The summed E-state index contributed by atoms with van der Waals surface area (Å²) in [4.78, 5) is 36.2. The molecular weight excluding hydrogens is 366 g/mol. The molecule has 0 saturated heterocycles. The van der Waals surface area contributed by atoms with E-state index in [1.165, 1.54) is 17.6 Å². The lowest BCUT2D eigenvalue weighted by molar-refractivity contribution is 0.0949. The standard InChI is InChI=1S/C19H17N3O4S/c1-20-17(23)13-6-4-12(5-7-13)11-21-19(25)15-8-9-16(27-15)22-18(24)14-3-2-10-26-14/h2-10H,11H2,1H3,(H,20,23)(H,21,25)(H,22,24). The van der Waals surface area contributed by atoms with Gasteiger partial charge in [-0.25, -0.2) is 0 Å². The van der Waals surface area contributed by atoms with E-state index >= 15 is 0 Å². The van der Waals surface area contributed by atoms with Crippen molar-refractivity contribution in [1.29, 1.82) is 0 Å². The predicted molar refractivity (Wildman–Crippen MR) is 102 cm³/mol. The molecule has 0 spiro atoms. The summed E-state index contributed by atoms with van der Waals surface area (Å²) < 4.78 is 5.03. The smallest absolute Gasteiger partial charge is 0.291 e. The number of rotatable bonds is 6. The molecule has 3 aromatic rings. The molecule has 8 heteroatoms. The van der Waals surface area contributed by atoms with Gasteiger partial charge in [0.15, 0.2) is 5.76 Å². The highest BCUT2D eigenvalue weighted by molar-refractivity contribution is 7.18. The molecule has 0 unspecified atom stereocenters. The molecule has 0 radical (unpaired) electrons. The molecule has 0 atom stereocenters. The quantitative estimate of drug-likeness (QED) is 0.609. The number of thiophene rings is 1. The summed E-state index contributed by atoms with van der Waals surface area (Å²) in [5.41, 5.74) is 1.43. The first-order valence-corrected chi connectivity index (χ1v) is 8.92. The van der Waals surface area contributed by atoms with Gasteiger partial charge >= 0.3 is 0 Å². The van der Waals surface area contributed by atoms with Gasteiger partial charge in [-0.3, -0.25) is 14.4 Å². The van der Waals surface area contributed by atoms with Gasteiger partial charge in [0.1, 0.15) is 0 Å². The van der Waals surface area contributed by atoms with Gasteiger partial charge in [-0.05, 0) is 42.0 Å². The minimum atomic E-state index is -0.370. The van der Waals surface area contributed by atoms with Crippen molar-refractivity contribution in [2.45, 2.75) is 6.54 Å². The highest BCUT2D eigenvalue weighted by atomic mass is 32.1. The number of carbonyl (C=O) groups is 3. The second kappa shape index (κ2) is 8.33. The second-order valence-electron chi connectivity index (χ2n) is 5.55. The number of hydrogen-bond acceptors (Lipinski definition) is 5. The zero-order chi connectivity index (χ0) is 19.2. The van der Waals surface area contributed by atoms with E-state index in [9.17, 15) is 14.4 Å². The van der Waals surface area contributed by atoms with Crippen molar-refractivity contribution in [2.75, 3.05) is 12.4 Å². The minimum absolute atomic E-state index is 0.159. The Morgan fingerprint density at radius 1 is 0.963 bits per heavy atom. The van der Waals surface area contributed by atoms with Crippen LogP contribution in [0.15, 0.2) is 59.2 Å². The summed E-state index contributed by atoms with van der Waals surface area (Å²) in [5.74, 6) is -0.568. The molecule has 3 amide bonds. The van der Waals surface area contributed by atoms with E-state index in [1.54, 1.807) is 55.6 Å². The molecule has 0 saturated carbocycles. The molecule has 0 fully saturated rings. The van der Waals surface area contributed by atoms with Crippen LogP contribution in [0.4, 0.5) is 5.00 Å². The molecule has 3 N–H and O–H groups in total. The molecule has 7 nitrogen and oxygen atoms in total. The van der Waals surface area contributed by atoms with Gasteiger partial charge < -0.3 is 20.4 Å². The first kappa shape index (κ1) is 18.4. The number of carbonyl (C=O) groups excluding carboxylic acids is 3. The summed E-state index contributed by atoms with van der Waals surface area (Å²) in [6, 6.07) is 13.5.